The lowest BCUT2D eigenvalue weighted by Gasteiger charge is -2.06. The Hall–Kier alpha value is -2.66. The van der Waals surface area contributed by atoms with Gasteiger partial charge in [-0.3, -0.25) is 4.79 Å². The third-order valence-electron chi connectivity index (χ3n) is 3.74. The van der Waals surface area contributed by atoms with Crippen molar-refractivity contribution in [1.82, 2.24) is 20.1 Å². The molecular formula is C18H17ClN4O. The summed E-state index contributed by atoms with van der Waals surface area (Å²) < 4.78 is 1.62. The number of nitrogens with one attached hydrogen (secondary N) is 1. The van der Waals surface area contributed by atoms with Crippen LogP contribution in [-0.4, -0.2) is 20.7 Å². The van der Waals surface area contributed by atoms with Crippen LogP contribution in [0.25, 0.3) is 5.69 Å². The molecular weight excluding hydrogens is 324 g/mol. The van der Waals surface area contributed by atoms with Crippen LogP contribution in [0.15, 0.2) is 48.5 Å². The maximum atomic E-state index is 12.3. The van der Waals surface area contributed by atoms with Crippen LogP contribution < -0.4 is 5.32 Å². The monoisotopic (exact) mass is 340 g/mol. The molecule has 24 heavy (non-hydrogen) atoms. The topological polar surface area (TPSA) is 59.8 Å². The molecule has 122 valence electrons. The Kier molecular flexibility index (Phi) is 4.62. The number of halogens is 1. The molecule has 0 aliphatic rings. The molecule has 0 unspecified atom stereocenters. The summed E-state index contributed by atoms with van der Waals surface area (Å²) in [5.41, 5.74) is 3.01. The SMILES string of the molecule is Cc1ccccc1CNC(=O)c1nc(C)n(-c2ccc(Cl)cc2)n1. The lowest BCUT2D eigenvalue weighted by atomic mass is 10.1. The average Bonchev–Trinajstić information content (AvgIpc) is 2.96. The number of nitrogens with zero attached hydrogens (tertiary/aromatic N) is 3. The zero-order valence-corrected chi connectivity index (χ0v) is 14.2. The van der Waals surface area contributed by atoms with Crippen molar-refractivity contribution in [3.8, 4) is 5.69 Å². The molecule has 0 aliphatic heterocycles. The molecule has 3 rings (SSSR count). The van der Waals surface area contributed by atoms with Crippen LogP contribution in [0.1, 0.15) is 27.6 Å². The number of hydrogen-bond acceptors (Lipinski definition) is 3. The number of rotatable bonds is 4. The van der Waals surface area contributed by atoms with E-state index in [1.807, 2.05) is 43.3 Å². The van der Waals surface area contributed by atoms with Crippen LogP contribution in [0, 0.1) is 13.8 Å². The normalized spacial score (nSPS) is 10.6. The number of hydrogen-bond donors (Lipinski definition) is 1. The summed E-state index contributed by atoms with van der Waals surface area (Å²) in [5.74, 6) is 0.489. The third-order valence-corrected chi connectivity index (χ3v) is 4.00. The van der Waals surface area contributed by atoms with Crippen LogP contribution in [0.5, 0.6) is 0 Å². The minimum Gasteiger partial charge on any atom is -0.345 e. The van der Waals surface area contributed by atoms with Crippen LogP contribution >= 0.6 is 11.6 Å². The van der Waals surface area contributed by atoms with Gasteiger partial charge in [0.15, 0.2) is 0 Å². The largest absolute Gasteiger partial charge is 0.345 e. The van der Waals surface area contributed by atoms with E-state index in [-0.39, 0.29) is 11.7 Å². The molecule has 0 saturated heterocycles. The zero-order valence-electron chi connectivity index (χ0n) is 13.5. The summed E-state index contributed by atoms with van der Waals surface area (Å²) in [5, 5.41) is 7.80. The summed E-state index contributed by atoms with van der Waals surface area (Å²) in [6.07, 6.45) is 0. The Morgan fingerprint density at radius 1 is 1.12 bits per heavy atom. The van der Waals surface area contributed by atoms with Gasteiger partial charge in [0, 0.05) is 11.6 Å². The Labute approximate surface area is 145 Å². The van der Waals surface area contributed by atoms with Gasteiger partial charge < -0.3 is 5.32 Å². The van der Waals surface area contributed by atoms with Gasteiger partial charge in [0.25, 0.3) is 5.91 Å². The molecule has 0 fully saturated rings. The smallest absolute Gasteiger partial charge is 0.291 e. The second kappa shape index (κ2) is 6.84. The van der Waals surface area contributed by atoms with Gasteiger partial charge in [-0.15, -0.1) is 5.10 Å². The molecule has 1 heterocycles. The molecule has 3 aromatic rings. The quantitative estimate of drug-likeness (QED) is 0.791. The average molecular weight is 341 g/mol. The predicted molar refractivity (Wildman–Crippen MR) is 93.5 cm³/mol. The maximum absolute atomic E-state index is 12.3. The van der Waals surface area contributed by atoms with Crippen LogP contribution in [0.3, 0.4) is 0 Å². The minimum absolute atomic E-state index is 0.149. The van der Waals surface area contributed by atoms with Crippen molar-refractivity contribution in [1.29, 1.82) is 0 Å². The number of carbonyl (C=O) groups is 1. The Bertz CT molecular complexity index is 871. The second-order valence-electron chi connectivity index (χ2n) is 5.48. The van der Waals surface area contributed by atoms with Gasteiger partial charge in [-0.25, -0.2) is 9.67 Å². The van der Waals surface area contributed by atoms with E-state index >= 15 is 0 Å². The van der Waals surface area contributed by atoms with Gasteiger partial charge in [0.1, 0.15) is 5.82 Å². The number of amides is 1. The van der Waals surface area contributed by atoms with Crippen molar-refractivity contribution in [2.45, 2.75) is 20.4 Å². The summed E-state index contributed by atoms with van der Waals surface area (Å²) in [7, 11) is 0. The predicted octanol–water partition coefficient (Wildman–Crippen LogP) is 3.47. The van der Waals surface area contributed by atoms with E-state index in [1.165, 1.54) is 0 Å². The summed E-state index contributed by atoms with van der Waals surface area (Å²) in [6, 6.07) is 15.1. The molecule has 0 aliphatic carbocycles. The highest BCUT2D eigenvalue weighted by molar-refractivity contribution is 6.30. The number of benzene rings is 2. The van der Waals surface area contributed by atoms with Gasteiger partial charge in [0.2, 0.25) is 5.82 Å². The first kappa shape index (κ1) is 16.2. The summed E-state index contributed by atoms with van der Waals surface area (Å²) >= 11 is 5.90. The van der Waals surface area contributed by atoms with E-state index in [2.05, 4.69) is 15.4 Å². The van der Waals surface area contributed by atoms with Crippen molar-refractivity contribution in [2.24, 2.45) is 0 Å². The molecule has 2 aromatic carbocycles. The van der Waals surface area contributed by atoms with Gasteiger partial charge in [-0.05, 0) is 49.2 Å². The number of carbonyl (C=O) groups excluding carboxylic acids is 1. The molecule has 6 heteroatoms. The Morgan fingerprint density at radius 3 is 2.54 bits per heavy atom. The van der Waals surface area contributed by atoms with Crippen LogP contribution in [0.4, 0.5) is 0 Å². The Balaban J connectivity index is 1.75. The van der Waals surface area contributed by atoms with E-state index in [9.17, 15) is 4.79 Å². The van der Waals surface area contributed by atoms with Crippen molar-refractivity contribution in [3.63, 3.8) is 0 Å². The first-order valence-corrected chi connectivity index (χ1v) is 7.94. The standard InChI is InChI=1S/C18H17ClN4O/c1-12-5-3-4-6-14(12)11-20-18(24)17-21-13(2)23(22-17)16-9-7-15(19)8-10-16/h3-10H,11H2,1-2H3,(H,20,24). The summed E-state index contributed by atoms with van der Waals surface area (Å²) in [4.78, 5) is 16.6. The fourth-order valence-corrected chi connectivity index (χ4v) is 2.50. The molecule has 1 aromatic heterocycles. The highest BCUT2D eigenvalue weighted by Crippen LogP contribution is 2.14. The molecule has 0 spiro atoms. The molecule has 0 bridgehead atoms. The second-order valence-corrected chi connectivity index (χ2v) is 5.92. The fraction of sp³-hybridized carbons (Fsp3) is 0.167. The van der Waals surface area contributed by atoms with Crippen molar-refractivity contribution in [3.05, 3.63) is 76.3 Å². The first-order valence-electron chi connectivity index (χ1n) is 7.57. The third kappa shape index (κ3) is 3.46. The first-order chi connectivity index (χ1) is 11.5. The lowest BCUT2D eigenvalue weighted by Crippen LogP contribution is -2.24. The zero-order chi connectivity index (χ0) is 17.1. The Morgan fingerprint density at radius 2 is 1.83 bits per heavy atom. The van der Waals surface area contributed by atoms with E-state index in [0.29, 0.717) is 17.4 Å². The van der Waals surface area contributed by atoms with Crippen molar-refractivity contribution in [2.75, 3.05) is 0 Å². The molecule has 0 saturated carbocycles. The maximum Gasteiger partial charge on any atom is 0.291 e. The number of aromatic nitrogens is 3. The minimum atomic E-state index is -0.297. The van der Waals surface area contributed by atoms with Crippen molar-refractivity contribution >= 4 is 17.5 Å². The van der Waals surface area contributed by atoms with Gasteiger partial charge in [-0.1, -0.05) is 35.9 Å². The van der Waals surface area contributed by atoms with E-state index in [4.69, 9.17) is 11.6 Å². The molecule has 0 atom stereocenters. The lowest BCUT2D eigenvalue weighted by molar-refractivity contribution is 0.0940. The number of aryl methyl sites for hydroxylation is 2. The molecule has 1 amide bonds. The fourth-order valence-electron chi connectivity index (χ4n) is 2.38. The molecule has 0 radical (unpaired) electrons. The van der Waals surface area contributed by atoms with Gasteiger partial charge in [-0.2, -0.15) is 0 Å². The molecule has 1 N–H and O–H groups in total. The van der Waals surface area contributed by atoms with Gasteiger partial charge >= 0.3 is 0 Å². The van der Waals surface area contributed by atoms with Crippen molar-refractivity contribution < 1.29 is 4.79 Å². The van der Waals surface area contributed by atoms with E-state index in [0.717, 1.165) is 16.8 Å². The van der Waals surface area contributed by atoms with Gasteiger partial charge in [0.05, 0.1) is 5.69 Å². The van der Waals surface area contributed by atoms with Crippen LogP contribution in [-0.2, 0) is 6.54 Å². The highest BCUT2D eigenvalue weighted by Gasteiger charge is 2.15. The summed E-state index contributed by atoms with van der Waals surface area (Å²) in [6.45, 7) is 4.26. The van der Waals surface area contributed by atoms with E-state index < -0.39 is 0 Å². The molecule has 5 nitrogen and oxygen atoms in total. The van der Waals surface area contributed by atoms with Crippen LogP contribution in [0.2, 0.25) is 5.02 Å². The highest BCUT2D eigenvalue weighted by atomic mass is 35.5. The van der Waals surface area contributed by atoms with E-state index in [1.54, 1.807) is 23.7 Å².